The number of hydrogen-bond acceptors (Lipinski definition) is 5. The number of hydrogen-bond donors (Lipinski definition) is 2. The Kier molecular flexibility index (Phi) is 4.53. The fraction of sp³-hybridized carbons (Fsp3) is 0.625. The molecule has 1 aliphatic heterocycles. The van der Waals surface area contributed by atoms with Crippen LogP contribution < -0.4 is 9.32 Å². The molecule has 0 amide bonds. The van der Waals surface area contributed by atoms with E-state index in [4.69, 9.17) is 5.14 Å². The molecular formula is C16H24N2O4S. The number of aromatic hydroxyl groups is 1. The fourth-order valence-electron chi connectivity index (χ4n) is 4.07. The van der Waals surface area contributed by atoms with Crippen molar-refractivity contribution in [3.63, 3.8) is 0 Å². The van der Waals surface area contributed by atoms with E-state index in [-0.39, 0.29) is 11.5 Å². The van der Waals surface area contributed by atoms with E-state index in [1.54, 1.807) is 0 Å². The maximum atomic E-state index is 11.1. The van der Waals surface area contributed by atoms with E-state index in [9.17, 15) is 13.5 Å². The maximum Gasteiger partial charge on any atom is 0.380 e. The summed E-state index contributed by atoms with van der Waals surface area (Å²) in [4.78, 5) is 2.56. The molecule has 1 aromatic carbocycles. The van der Waals surface area contributed by atoms with Gasteiger partial charge < -0.3 is 9.29 Å². The predicted molar refractivity (Wildman–Crippen MR) is 87.6 cm³/mol. The summed E-state index contributed by atoms with van der Waals surface area (Å²) in [6.07, 6.45) is 5.11. The van der Waals surface area contributed by atoms with Gasteiger partial charge in [-0.2, -0.15) is 13.6 Å². The monoisotopic (exact) mass is 340 g/mol. The van der Waals surface area contributed by atoms with Crippen molar-refractivity contribution >= 4 is 10.3 Å². The van der Waals surface area contributed by atoms with Crippen LogP contribution in [0.2, 0.25) is 0 Å². The first-order chi connectivity index (χ1) is 10.9. The lowest BCUT2D eigenvalue weighted by Crippen LogP contribution is -2.49. The van der Waals surface area contributed by atoms with Crippen LogP contribution in [0.5, 0.6) is 11.5 Å². The van der Waals surface area contributed by atoms with Gasteiger partial charge in [0.05, 0.1) is 0 Å². The zero-order valence-corrected chi connectivity index (χ0v) is 14.2. The second kappa shape index (κ2) is 6.30. The van der Waals surface area contributed by atoms with Crippen molar-refractivity contribution in [3.05, 3.63) is 23.3 Å². The summed E-state index contributed by atoms with van der Waals surface area (Å²) in [7, 11) is -4.13. The zero-order valence-electron chi connectivity index (χ0n) is 13.4. The summed E-state index contributed by atoms with van der Waals surface area (Å²) in [5.74, 6) is 0.340. The van der Waals surface area contributed by atoms with Gasteiger partial charge >= 0.3 is 10.3 Å². The molecule has 2 aliphatic rings. The topological polar surface area (TPSA) is 92.9 Å². The lowest BCUT2D eigenvalue weighted by atomic mass is 9.75. The number of piperidine rings is 1. The average molecular weight is 340 g/mol. The van der Waals surface area contributed by atoms with E-state index in [0.717, 1.165) is 49.9 Å². The van der Waals surface area contributed by atoms with E-state index in [1.807, 2.05) is 6.07 Å². The third kappa shape index (κ3) is 3.46. The molecule has 6 nitrogen and oxygen atoms in total. The predicted octanol–water partition coefficient (Wildman–Crippen LogP) is 1.56. The quantitative estimate of drug-likeness (QED) is 0.868. The van der Waals surface area contributed by atoms with E-state index < -0.39 is 10.3 Å². The number of likely N-dealkylation sites (tertiary alicyclic amines) is 1. The first-order valence-corrected chi connectivity index (χ1v) is 9.66. The molecule has 2 atom stereocenters. The molecule has 1 fully saturated rings. The van der Waals surface area contributed by atoms with Crippen molar-refractivity contribution in [2.75, 3.05) is 13.1 Å². The lowest BCUT2D eigenvalue weighted by Gasteiger charge is -2.44. The van der Waals surface area contributed by atoms with Crippen LogP contribution >= 0.6 is 0 Å². The van der Waals surface area contributed by atoms with Crippen LogP contribution in [-0.2, 0) is 23.1 Å². The first kappa shape index (κ1) is 16.5. The highest BCUT2D eigenvalue weighted by atomic mass is 32.2. The largest absolute Gasteiger partial charge is 0.504 e. The SMILES string of the molecule is CCCN1CCC[C@@H]2Cc3c(ccc(OS(N)(=O)=O)c3O)C[C@H]21. The van der Waals surface area contributed by atoms with Gasteiger partial charge in [-0.05, 0) is 62.7 Å². The summed E-state index contributed by atoms with van der Waals surface area (Å²) >= 11 is 0. The normalized spacial score (nSPS) is 24.8. The van der Waals surface area contributed by atoms with Gasteiger partial charge in [0.1, 0.15) is 0 Å². The van der Waals surface area contributed by atoms with E-state index >= 15 is 0 Å². The summed E-state index contributed by atoms with van der Waals surface area (Å²) in [5, 5.41) is 15.3. The molecule has 128 valence electrons. The number of nitrogens with zero attached hydrogens (tertiary/aromatic N) is 1. The molecule has 0 bridgehead atoms. The first-order valence-electron chi connectivity index (χ1n) is 8.19. The number of fused-ring (bicyclic) bond motifs is 2. The minimum absolute atomic E-state index is 0.0778. The van der Waals surface area contributed by atoms with Crippen molar-refractivity contribution in [3.8, 4) is 11.5 Å². The number of nitrogens with two attached hydrogens (primary N) is 1. The smallest absolute Gasteiger partial charge is 0.380 e. The highest BCUT2D eigenvalue weighted by Crippen LogP contribution is 2.42. The Labute approximate surface area is 137 Å². The molecule has 0 radical (unpaired) electrons. The molecule has 1 heterocycles. The van der Waals surface area contributed by atoms with Crippen LogP contribution in [0.25, 0.3) is 0 Å². The van der Waals surface area contributed by atoms with Gasteiger partial charge in [-0.1, -0.05) is 13.0 Å². The Bertz CT molecular complexity index is 688. The third-order valence-electron chi connectivity index (χ3n) is 4.99. The van der Waals surface area contributed by atoms with Crippen molar-refractivity contribution in [1.82, 2.24) is 4.90 Å². The molecule has 0 unspecified atom stereocenters. The molecule has 23 heavy (non-hydrogen) atoms. The Morgan fingerprint density at radius 1 is 1.39 bits per heavy atom. The standard InChI is InChI=1S/C16H24N2O4S/c1-2-7-18-8-3-4-12-9-13-11(10-14(12)18)5-6-15(16(13)19)22-23(17,20)21/h5-6,12,14,19H,2-4,7-10H2,1H3,(H2,17,20,21)/t12-,14-/m1/s1. The maximum absolute atomic E-state index is 11.1. The van der Waals surface area contributed by atoms with Crippen molar-refractivity contribution in [2.45, 2.75) is 45.1 Å². The van der Waals surface area contributed by atoms with E-state index in [1.165, 1.54) is 12.5 Å². The van der Waals surface area contributed by atoms with Crippen LogP contribution in [0.1, 0.15) is 37.3 Å². The Morgan fingerprint density at radius 2 is 2.17 bits per heavy atom. The highest BCUT2D eigenvalue weighted by Gasteiger charge is 2.36. The molecule has 0 aromatic heterocycles. The molecule has 7 heteroatoms. The van der Waals surface area contributed by atoms with Gasteiger partial charge in [0, 0.05) is 11.6 Å². The van der Waals surface area contributed by atoms with Crippen LogP contribution in [-0.4, -0.2) is 37.6 Å². The molecule has 3 rings (SSSR count). The second-order valence-corrected chi connectivity index (χ2v) is 7.69. The van der Waals surface area contributed by atoms with Gasteiger partial charge in [0.25, 0.3) is 0 Å². The van der Waals surface area contributed by atoms with Crippen molar-refractivity contribution < 1.29 is 17.7 Å². The second-order valence-electron chi connectivity index (χ2n) is 6.54. The van der Waals surface area contributed by atoms with Crippen LogP contribution in [0.4, 0.5) is 0 Å². The van der Waals surface area contributed by atoms with Gasteiger partial charge in [0.2, 0.25) is 0 Å². The Morgan fingerprint density at radius 3 is 2.87 bits per heavy atom. The average Bonchev–Trinajstić information content (AvgIpc) is 2.48. The molecular weight excluding hydrogens is 316 g/mol. The summed E-state index contributed by atoms with van der Waals surface area (Å²) in [5.41, 5.74) is 1.89. The minimum Gasteiger partial charge on any atom is -0.504 e. The van der Waals surface area contributed by atoms with Gasteiger partial charge in [0.15, 0.2) is 11.5 Å². The van der Waals surface area contributed by atoms with Gasteiger partial charge in [-0.25, -0.2) is 0 Å². The molecule has 1 aromatic rings. The number of benzene rings is 1. The lowest BCUT2D eigenvalue weighted by molar-refractivity contribution is 0.0849. The molecule has 1 aliphatic carbocycles. The molecule has 1 saturated heterocycles. The van der Waals surface area contributed by atoms with Gasteiger partial charge in [-0.15, -0.1) is 0 Å². The van der Waals surface area contributed by atoms with E-state index in [2.05, 4.69) is 16.0 Å². The van der Waals surface area contributed by atoms with Crippen molar-refractivity contribution in [1.29, 1.82) is 0 Å². The zero-order chi connectivity index (χ0) is 16.6. The van der Waals surface area contributed by atoms with Gasteiger partial charge in [-0.3, -0.25) is 4.90 Å². The third-order valence-corrected chi connectivity index (χ3v) is 5.40. The Hall–Kier alpha value is -1.31. The number of rotatable bonds is 4. The summed E-state index contributed by atoms with van der Waals surface area (Å²) in [6.45, 7) is 4.45. The van der Waals surface area contributed by atoms with Crippen LogP contribution in [0.3, 0.4) is 0 Å². The number of phenolic OH excluding ortho intramolecular Hbond substituents is 1. The molecule has 0 saturated carbocycles. The highest BCUT2D eigenvalue weighted by molar-refractivity contribution is 7.84. The van der Waals surface area contributed by atoms with Crippen molar-refractivity contribution in [2.24, 2.45) is 11.1 Å². The summed E-state index contributed by atoms with van der Waals surface area (Å²) in [6, 6.07) is 3.86. The van der Waals surface area contributed by atoms with Crippen LogP contribution in [0, 0.1) is 5.92 Å². The van der Waals surface area contributed by atoms with E-state index in [0.29, 0.717) is 12.0 Å². The molecule has 0 spiro atoms. The fourth-order valence-corrected chi connectivity index (χ4v) is 4.45. The van der Waals surface area contributed by atoms with Crippen LogP contribution in [0.15, 0.2) is 12.1 Å². The summed E-state index contributed by atoms with van der Waals surface area (Å²) < 4.78 is 26.9. The molecule has 3 N–H and O–H groups in total. The minimum atomic E-state index is -4.13. The Balaban J connectivity index is 1.90. The number of phenols is 1.